The Hall–Kier alpha value is -2.86. The van der Waals surface area contributed by atoms with Crippen molar-refractivity contribution in [3.05, 3.63) is 65.1 Å². The molecule has 0 aliphatic rings. The Morgan fingerprint density at radius 2 is 1.92 bits per heavy atom. The van der Waals surface area contributed by atoms with E-state index in [0.29, 0.717) is 23.2 Å². The molecule has 0 saturated heterocycles. The number of hydrogen-bond acceptors (Lipinski definition) is 5. The van der Waals surface area contributed by atoms with Crippen LogP contribution in [0.3, 0.4) is 0 Å². The third-order valence-corrected chi connectivity index (χ3v) is 3.74. The lowest BCUT2D eigenvalue weighted by Crippen LogP contribution is -2.02. The van der Waals surface area contributed by atoms with Crippen molar-refractivity contribution >= 4 is 34.7 Å². The summed E-state index contributed by atoms with van der Waals surface area (Å²) in [5, 5.41) is 6.25. The first-order valence-electron chi connectivity index (χ1n) is 7.52. The minimum absolute atomic E-state index is 0.0434. The molecule has 0 aliphatic carbocycles. The van der Waals surface area contributed by atoms with Crippen molar-refractivity contribution in [3.8, 4) is 5.75 Å². The Bertz CT molecular complexity index is 904. The maximum Gasteiger partial charge on any atom is 0.229 e. The summed E-state index contributed by atoms with van der Waals surface area (Å²) in [6, 6.07) is 11.9. The molecular weight excluding hydrogens is 343 g/mol. The van der Waals surface area contributed by atoms with Gasteiger partial charge in [0.15, 0.2) is 0 Å². The Balaban J connectivity index is 1.82. The Labute approximate surface area is 149 Å². The highest BCUT2D eigenvalue weighted by Crippen LogP contribution is 2.28. The number of anilines is 4. The van der Waals surface area contributed by atoms with Crippen LogP contribution in [0.4, 0.5) is 27.5 Å². The van der Waals surface area contributed by atoms with Crippen LogP contribution in [-0.4, -0.2) is 17.1 Å². The van der Waals surface area contributed by atoms with Crippen LogP contribution in [0.5, 0.6) is 5.75 Å². The molecule has 1 heterocycles. The van der Waals surface area contributed by atoms with E-state index in [1.54, 1.807) is 25.4 Å². The summed E-state index contributed by atoms with van der Waals surface area (Å²) in [5.41, 5.74) is 2.48. The number of nitrogens with zero attached hydrogens (tertiary/aromatic N) is 2. The quantitative estimate of drug-likeness (QED) is 0.666. The molecule has 25 heavy (non-hydrogen) atoms. The molecule has 0 atom stereocenters. The first kappa shape index (κ1) is 17.0. The number of halogens is 2. The van der Waals surface area contributed by atoms with Crippen LogP contribution in [0.25, 0.3) is 0 Å². The van der Waals surface area contributed by atoms with Gasteiger partial charge in [0.1, 0.15) is 17.4 Å². The van der Waals surface area contributed by atoms with Gasteiger partial charge in [0.25, 0.3) is 0 Å². The van der Waals surface area contributed by atoms with Gasteiger partial charge in [-0.3, -0.25) is 0 Å². The number of rotatable bonds is 5. The monoisotopic (exact) mass is 358 g/mol. The zero-order valence-corrected chi connectivity index (χ0v) is 14.4. The summed E-state index contributed by atoms with van der Waals surface area (Å²) in [7, 11) is 1.60. The number of benzene rings is 2. The molecule has 0 bridgehead atoms. The largest absolute Gasteiger partial charge is 0.495 e. The summed E-state index contributed by atoms with van der Waals surface area (Å²) in [6.07, 6.45) is 1.62. The highest BCUT2D eigenvalue weighted by Gasteiger charge is 2.07. The molecule has 3 aromatic rings. The summed E-state index contributed by atoms with van der Waals surface area (Å²) >= 11 is 5.79. The highest BCUT2D eigenvalue weighted by molar-refractivity contribution is 6.31. The number of aromatic nitrogens is 2. The van der Waals surface area contributed by atoms with E-state index in [1.807, 2.05) is 25.1 Å². The summed E-state index contributed by atoms with van der Waals surface area (Å²) in [6.45, 7) is 1.99. The average molecular weight is 359 g/mol. The van der Waals surface area contributed by atoms with Gasteiger partial charge < -0.3 is 15.4 Å². The second-order valence-corrected chi connectivity index (χ2v) is 5.76. The minimum Gasteiger partial charge on any atom is -0.495 e. The first-order chi connectivity index (χ1) is 12.0. The van der Waals surface area contributed by atoms with Crippen LogP contribution in [-0.2, 0) is 0 Å². The van der Waals surface area contributed by atoms with Gasteiger partial charge in [0.2, 0.25) is 5.95 Å². The normalized spacial score (nSPS) is 10.4. The Morgan fingerprint density at radius 1 is 1.08 bits per heavy atom. The predicted molar refractivity (Wildman–Crippen MR) is 97.7 cm³/mol. The molecule has 0 aliphatic heterocycles. The zero-order valence-electron chi connectivity index (χ0n) is 13.7. The van der Waals surface area contributed by atoms with Crippen LogP contribution in [0.15, 0.2) is 48.7 Å². The molecule has 0 fully saturated rings. The van der Waals surface area contributed by atoms with Crippen molar-refractivity contribution in [1.29, 1.82) is 0 Å². The average Bonchev–Trinajstić information content (AvgIpc) is 2.59. The van der Waals surface area contributed by atoms with Crippen molar-refractivity contribution in [2.75, 3.05) is 17.7 Å². The third-order valence-electron chi connectivity index (χ3n) is 3.45. The van der Waals surface area contributed by atoms with Crippen LogP contribution < -0.4 is 15.4 Å². The second-order valence-electron chi connectivity index (χ2n) is 5.35. The highest BCUT2D eigenvalue weighted by atomic mass is 35.5. The van der Waals surface area contributed by atoms with E-state index in [0.717, 1.165) is 11.3 Å². The van der Waals surface area contributed by atoms with Gasteiger partial charge in [-0.05, 0) is 48.9 Å². The maximum absolute atomic E-state index is 13.2. The lowest BCUT2D eigenvalue weighted by atomic mass is 10.2. The lowest BCUT2D eigenvalue weighted by Gasteiger charge is -2.12. The van der Waals surface area contributed by atoms with Gasteiger partial charge in [-0.1, -0.05) is 17.7 Å². The van der Waals surface area contributed by atoms with Crippen LogP contribution >= 0.6 is 11.6 Å². The molecule has 0 saturated carbocycles. The number of nitrogens with one attached hydrogen (secondary N) is 2. The third kappa shape index (κ3) is 4.16. The molecule has 128 valence electrons. The zero-order chi connectivity index (χ0) is 17.8. The second kappa shape index (κ2) is 7.36. The van der Waals surface area contributed by atoms with E-state index in [1.165, 1.54) is 12.1 Å². The fourth-order valence-corrected chi connectivity index (χ4v) is 2.43. The van der Waals surface area contributed by atoms with Crippen LogP contribution in [0.2, 0.25) is 5.02 Å². The van der Waals surface area contributed by atoms with E-state index in [-0.39, 0.29) is 5.02 Å². The van der Waals surface area contributed by atoms with Crippen LogP contribution in [0.1, 0.15) is 5.56 Å². The molecule has 0 unspecified atom stereocenters. The van der Waals surface area contributed by atoms with E-state index >= 15 is 0 Å². The first-order valence-corrected chi connectivity index (χ1v) is 7.90. The van der Waals surface area contributed by atoms with E-state index in [2.05, 4.69) is 20.6 Å². The number of hydrogen-bond donors (Lipinski definition) is 2. The number of aryl methyl sites for hydroxylation is 1. The molecule has 2 aromatic carbocycles. The maximum atomic E-state index is 13.2. The van der Waals surface area contributed by atoms with Crippen molar-refractivity contribution in [3.63, 3.8) is 0 Å². The van der Waals surface area contributed by atoms with Crippen LogP contribution in [0, 0.1) is 12.7 Å². The lowest BCUT2D eigenvalue weighted by molar-refractivity contribution is 0.416. The van der Waals surface area contributed by atoms with Gasteiger partial charge in [-0.25, -0.2) is 9.37 Å². The standard InChI is InChI=1S/C18H16ClFN4O/c1-11-3-6-16(25-2)15(9-11)23-18-21-8-7-17(24-18)22-12-4-5-14(20)13(19)10-12/h3-10H,1-2H3,(H2,21,22,23,24). The summed E-state index contributed by atoms with van der Waals surface area (Å²) in [4.78, 5) is 8.60. The summed E-state index contributed by atoms with van der Waals surface area (Å²) in [5.74, 6) is 1.18. The van der Waals surface area contributed by atoms with E-state index in [4.69, 9.17) is 16.3 Å². The Kier molecular flexibility index (Phi) is 5.00. The molecule has 1 aromatic heterocycles. The van der Waals surface area contributed by atoms with Crippen molar-refractivity contribution in [1.82, 2.24) is 9.97 Å². The van der Waals surface area contributed by atoms with E-state index < -0.39 is 5.82 Å². The summed E-state index contributed by atoms with van der Waals surface area (Å²) < 4.78 is 18.6. The van der Waals surface area contributed by atoms with Gasteiger partial charge in [-0.2, -0.15) is 4.98 Å². The van der Waals surface area contributed by atoms with Gasteiger partial charge >= 0.3 is 0 Å². The van der Waals surface area contributed by atoms with Gasteiger partial charge in [0, 0.05) is 11.9 Å². The fraction of sp³-hybridized carbons (Fsp3) is 0.111. The molecule has 2 N–H and O–H groups in total. The molecule has 0 spiro atoms. The van der Waals surface area contributed by atoms with Gasteiger partial charge in [0.05, 0.1) is 17.8 Å². The van der Waals surface area contributed by atoms with Crippen molar-refractivity contribution in [2.24, 2.45) is 0 Å². The molecule has 5 nitrogen and oxygen atoms in total. The molecule has 7 heteroatoms. The molecule has 3 rings (SSSR count). The molecule has 0 amide bonds. The van der Waals surface area contributed by atoms with E-state index in [9.17, 15) is 4.39 Å². The van der Waals surface area contributed by atoms with Gasteiger partial charge in [-0.15, -0.1) is 0 Å². The predicted octanol–water partition coefficient (Wildman–Crippen LogP) is 5.07. The topological polar surface area (TPSA) is 59.1 Å². The molecular formula is C18H16ClFN4O. The molecule has 0 radical (unpaired) electrons. The van der Waals surface area contributed by atoms with Crippen molar-refractivity contribution in [2.45, 2.75) is 6.92 Å². The number of methoxy groups -OCH3 is 1. The Morgan fingerprint density at radius 3 is 2.68 bits per heavy atom. The smallest absolute Gasteiger partial charge is 0.229 e. The number of ether oxygens (including phenoxy) is 1. The SMILES string of the molecule is COc1ccc(C)cc1Nc1nccc(Nc2ccc(F)c(Cl)c2)n1. The minimum atomic E-state index is -0.469. The van der Waals surface area contributed by atoms with Crippen molar-refractivity contribution < 1.29 is 9.13 Å². The fourth-order valence-electron chi connectivity index (χ4n) is 2.25.